The van der Waals surface area contributed by atoms with Crippen LogP contribution in [-0.2, 0) is 17.8 Å². The molecule has 32 heavy (non-hydrogen) atoms. The summed E-state index contributed by atoms with van der Waals surface area (Å²) in [5, 5.41) is 2.47. The first-order valence-corrected chi connectivity index (χ1v) is 11.2. The van der Waals surface area contributed by atoms with Gasteiger partial charge in [0.15, 0.2) is 0 Å². The SMILES string of the molecule is CNC(=O)c1ccc(N2CCN(CC3Cc4[nH]c(=O)c(C)cc4CO3)[C@@H]3CC[C@@H]32)c(F)n1. The first-order chi connectivity index (χ1) is 15.4. The van der Waals surface area contributed by atoms with Crippen molar-refractivity contribution in [3.05, 3.63) is 57.0 Å². The van der Waals surface area contributed by atoms with E-state index in [1.165, 1.54) is 7.05 Å². The third kappa shape index (κ3) is 3.69. The molecule has 8 nitrogen and oxygen atoms in total. The van der Waals surface area contributed by atoms with Gasteiger partial charge in [-0.15, -0.1) is 0 Å². The second-order valence-electron chi connectivity index (χ2n) is 8.91. The van der Waals surface area contributed by atoms with Crippen LogP contribution < -0.4 is 15.8 Å². The standard InChI is InChI=1S/C23H28FN5O3/c1-13-9-14-12-32-15(10-17(14)27-22(13)30)11-28-7-8-29(19-6-5-18(19)28)20-4-3-16(23(31)25-2)26-21(20)24/h3-4,9,15,18-19H,5-8,10-12H2,1-2H3,(H,25,31)(H,27,30)/t15?,18-,19+/m1/s1. The minimum absolute atomic E-state index is 0.0268. The number of piperazine rings is 1. The monoisotopic (exact) mass is 441 g/mol. The van der Waals surface area contributed by atoms with Crippen molar-refractivity contribution in [2.24, 2.45) is 0 Å². The largest absolute Gasteiger partial charge is 0.372 e. The van der Waals surface area contributed by atoms with Crippen LogP contribution in [0.15, 0.2) is 23.0 Å². The zero-order chi connectivity index (χ0) is 22.4. The quantitative estimate of drug-likeness (QED) is 0.697. The number of anilines is 1. The number of rotatable bonds is 4. The fourth-order valence-corrected chi connectivity index (χ4v) is 5.16. The van der Waals surface area contributed by atoms with Gasteiger partial charge in [-0.1, -0.05) is 0 Å². The molecule has 1 unspecified atom stereocenters. The molecule has 2 aromatic heterocycles. The molecule has 3 aliphatic rings. The highest BCUT2D eigenvalue weighted by molar-refractivity contribution is 5.92. The summed E-state index contributed by atoms with van der Waals surface area (Å²) in [6.07, 6.45) is 2.78. The van der Waals surface area contributed by atoms with Crippen LogP contribution in [0.3, 0.4) is 0 Å². The summed E-state index contributed by atoms with van der Waals surface area (Å²) in [5.74, 6) is -0.996. The maximum atomic E-state index is 14.7. The van der Waals surface area contributed by atoms with Gasteiger partial charge >= 0.3 is 0 Å². The van der Waals surface area contributed by atoms with Gasteiger partial charge in [-0.05, 0) is 43.5 Å². The van der Waals surface area contributed by atoms with Gasteiger partial charge in [0.25, 0.3) is 11.5 Å². The van der Waals surface area contributed by atoms with Crippen LogP contribution in [0.25, 0.3) is 0 Å². The number of carbonyl (C=O) groups is 1. The van der Waals surface area contributed by atoms with Crippen molar-refractivity contribution in [1.82, 2.24) is 20.2 Å². The average molecular weight is 442 g/mol. The molecule has 2 aromatic rings. The molecule has 1 aliphatic carbocycles. The highest BCUT2D eigenvalue weighted by atomic mass is 19.1. The molecule has 3 atom stereocenters. The van der Waals surface area contributed by atoms with Crippen LogP contribution in [0, 0.1) is 12.9 Å². The van der Waals surface area contributed by atoms with E-state index in [1.54, 1.807) is 12.1 Å². The van der Waals surface area contributed by atoms with Crippen molar-refractivity contribution in [1.29, 1.82) is 0 Å². The van der Waals surface area contributed by atoms with Gasteiger partial charge in [-0.2, -0.15) is 4.39 Å². The molecule has 0 aromatic carbocycles. The Kier molecular flexibility index (Phi) is 5.46. The lowest BCUT2D eigenvalue weighted by atomic mass is 9.81. The number of nitrogens with one attached hydrogen (secondary N) is 2. The van der Waals surface area contributed by atoms with Crippen molar-refractivity contribution in [2.45, 2.75) is 51.0 Å². The fraction of sp³-hybridized carbons (Fsp3) is 0.522. The van der Waals surface area contributed by atoms with Gasteiger partial charge in [0, 0.05) is 56.4 Å². The molecule has 0 spiro atoms. The fourth-order valence-electron chi connectivity index (χ4n) is 5.16. The molecule has 5 rings (SSSR count). The number of nitrogens with zero attached hydrogens (tertiary/aromatic N) is 3. The number of hydrogen-bond acceptors (Lipinski definition) is 6. The Balaban J connectivity index is 1.26. The predicted molar refractivity (Wildman–Crippen MR) is 117 cm³/mol. The lowest BCUT2D eigenvalue weighted by molar-refractivity contribution is -0.0255. The highest BCUT2D eigenvalue weighted by Gasteiger charge is 2.44. The molecule has 0 bridgehead atoms. The second-order valence-corrected chi connectivity index (χ2v) is 8.91. The first kappa shape index (κ1) is 21.1. The van der Waals surface area contributed by atoms with Crippen molar-refractivity contribution >= 4 is 11.6 Å². The van der Waals surface area contributed by atoms with Gasteiger partial charge in [0.1, 0.15) is 5.69 Å². The van der Waals surface area contributed by atoms with Crippen molar-refractivity contribution in [2.75, 3.05) is 31.6 Å². The lowest BCUT2D eigenvalue weighted by Gasteiger charge is -2.55. The number of ether oxygens (including phenoxy) is 1. The van der Waals surface area contributed by atoms with E-state index >= 15 is 0 Å². The predicted octanol–water partition coefficient (Wildman–Crippen LogP) is 1.37. The lowest BCUT2D eigenvalue weighted by Crippen LogP contribution is -2.66. The third-order valence-electron chi connectivity index (χ3n) is 7.04. The minimum atomic E-state index is -0.600. The molecule has 2 N–H and O–H groups in total. The van der Waals surface area contributed by atoms with E-state index < -0.39 is 11.9 Å². The van der Waals surface area contributed by atoms with E-state index in [1.807, 2.05) is 13.0 Å². The normalized spacial score (nSPS) is 25.0. The Morgan fingerprint density at radius 3 is 2.84 bits per heavy atom. The van der Waals surface area contributed by atoms with E-state index in [0.29, 0.717) is 36.9 Å². The smallest absolute Gasteiger partial charge is 0.269 e. The second kappa shape index (κ2) is 8.29. The number of aromatic amines is 1. The molecule has 170 valence electrons. The van der Waals surface area contributed by atoms with Gasteiger partial charge in [0.05, 0.1) is 18.4 Å². The number of amides is 1. The zero-order valence-electron chi connectivity index (χ0n) is 18.4. The van der Waals surface area contributed by atoms with E-state index in [4.69, 9.17) is 4.74 Å². The van der Waals surface area contributed by atoms with E-state index in [-0.39, 0.29) is 23.4 Å². The molecule has 4 heterocycles. The number of halogens is 1. The number of hydrogen-bond donors (Lipinski definition) is 2. The van der Waals surface area contributed by atoms with Crippen LogP contribution >= 0.6 is 0 Å². The van der Waals surface area contributed by atoms with E-state index in [2.05, 4.69) is 25.1 Å². The summed E-state index contributed by atoms with van der Waals surface area (Å²) in [4.78, 5) is 35.1. The van der Waals surface area contributed by atoms with E-state index in [0.717, 1.165) is 37.2 Å². The zero-order valence-corrected chi connectivity index (χ0v) is 18.4. The van der Waals surface area contributed by atoms with Crippen LogP contribution in [0.1, 0.15) is 40.2 Å². The Bertz CT molecular complexity index is 1100. The maximum absolute atomic E-state index is 14.7. The number of pyridine rings is 2. The summed E-state index contributed by atoms with van der Waals surface area (Å²) in [6.45, 7) is 4.61. The summed E-state index contributed by atoms with van der Waals surface area (Å²) in [7, 11) is 1.50. The number of carbonyl (C=O) groups excluding carboxylic acids is 1. The molecular weight excluding hydrogens is 413 g/mol. The van der Waals surface area contributed by atoms with Crippen molar-refractivity contribution < 1.29 is 13.9 Å². The summed E-state index contributed by atoms with van der Waals surface area (Å²) < 4.78 is 20.8. The maximum Gasteiger partial charge on any atom is 0.269 e. The van der Waals surface area contributed by atoms with Gasteiger partial charge in [0.2, 0.25) is 5.95 Å². The Labute approximate surface area is 185 Å². The molecule has 1 saturated heterocycles. The number of aryl methyl sites for hydroxylation is 1. The molecule has 1 saturated carbocycles. The summed E-state index contributed by atoms with van der Waals surface area (Å²) in [5.41, 5.74) is 3.26. The van der Waals surface area contributed by atoms with Crippen LogP contribution in [0.2, 0.25) is 0 Å². The summed E-state index contributed by atoms with van der Waals surface area (Å²) >= 11 is 0. The van der Waals surface area contributed by atoms with Gasteiger partial charge in [-0.3, -0.25) is 14.5 Å². The Morgan fingerprint density at radius 2 is 2.12 bits per heavy atom. The van der Waals surface area contributed by atoms with Crippen molar-refractivity contribution in [3.8, 4) is 0 Å². The highest BCUT2D eigenvalue weighted by Crippen LogP contribution is 2.37. The minimum Gasteiger partial charge on any atom is -0.372 e. The Morgan fingerprint density at radius 1 is 1.31 bits per heavy atom. The third-order valence-corrected chi connectivity index (χ3v) is 7.04. The molecule has 2 aliphatic heterocycles. The van der Waals surface area contributed by atoms with Crippen LogP contribution in [0.5, 0.6) is 0 Å². The molecule has 9 heteroatoms. The van der Waals surface area contributed by atoms with Crippen LogP contribution in [0.4, 0.5) is 10.1 Å². The van der Waals surface area contributed by atoms with E-state index in [9.17, 15) is 14.0 Å². The molecule has 1 amide bonds. The van der Waals surface area contributed by atoms with Crippen LogP contribution in [-0.4, -0.2) is 65.6 Å². The van der Waals surface area contributed by atoms with Crippen molar-refractivity contribution in [3.63, 3.8) is 0 Å². The van der Waals surface area contributed by atoms with Gasteiger partial charge < -0.3 is 19.9 Å². The average Bonchev–Trinajstić information content (AvgIpc) is 2.75. The molecular formula is C23H28FN5O3. The topological polar surface area (TPSA) is 90.6 Å². The molecule has 2 fully saturated rings. The number of H-pyrrole nitrogens is 1. The molecule has 0 radical (unpaired) electrons. The first-order valence-electron chi connectivity index (χ1n) is 11.2. The number of fused-ring (bicyclic) bond motifs is 2. The number of aromatic nitrogens is 2. The van der Waals surface area contributed by atoms with Gasteiger partial charge in [-0.25, -0.2) is 4.98 Å². The summed E-state index contributed by atoms with van der Waals surface area (Å²) in [6, 6.07) is 5.72. The Hall–Kier alpha value is -2.78.